The quantitative estimate of drug-likeness (QED) is 0.393. The molecule has 1 fully saturated rings. The zero-order valence-corrected chi connectivity index (χ0v) is 17.6. The Hall–Kier alpha value is -3.85. The minimum Gasteiger partial charge on any atom is -0.454 e. The van der Waals surface area contributed by atoms with E-state index in [0.29, 0.717) is 19.0 Å². The molecule has 32 heavy (non-hydrogen) atoms. The smallest absolute Gasteiger partial charge is 0.222 e. The molecule has 0 amide bonds. The molecule has 0 saturated carbocycles. The van der Waals surface area contributed by atoms with Crippen LogP contribution in [-0.4, -0.2) is 46.0 Å². The molecule has 4 aromatic rings. The third kappa shape index (κ3) is 3.09. The lowest BCUT2D eigenvalue weighted by Gasteiger charge is -2.36. The Morgan fingerprint density at radius 3 is 2.97 bits per heavy atom. The fourth-order valence-corrected chi connectivity index (χ4v) is 4.39. The number of rotatable bonds is 3. The average molecular weight is 429 g/mol. The van der Waals surface area contributed by atoms with Crippen LogP contribution in [0.4, 0.5) is 23.3 Å². The van der Waals surface area contributed by atoms with Gasteiger partial charge in [-0.25, -0.2) is 4.98 Å². The SMILES string of the molecule is CCC1COCCN1c1cc(-c2cc3c4c(n[nH]c4c2)Nc2ccccc2O3)nc(N)n1. The molecule has 1 atom stereocenters. The molecule has 0 spiro atoms. The summed E-state index contributed by atoms with van der Waals surface area (Å²) in [5.74, 6) is 3.23. The molecule has 0 radical (unpaired) electrons. The number of nitrogens with two attached hydrogens (primary N) is 1. The van der Waals surface area contributed by atoms with Crippen LogP contribution in [0.5, 0.6) is 11.5 Å². The first-order valence-electron chi connectivity index (χ1n) is 10.7. The van der Waals surface area contributed by atoms with Gasteiger partial charge in [0.25, 0.3) is 0 Å². The number of ether oxygens (including phenoxy) is 2. The predicted octanol–water partition coefficient (Wildman–Crippen LogP) is 4.07. The highest BCUT2D eigenvalue weighted by atomic mass is 16.5. The molecule has 4 heterocycles. The summed E-state index contributed by atoms with van der Waals surface area (Å²) in [7, 11) is 0. The van der Waals surface area contributed by atoms with Gasteiger partial charge in [0, 0.05) is 18.2 Å². The fraction of sp³-hybridized carbons (Fsp3) is 0.261. The van der Waals surface area contributed by atoms with E-state index in [1.807, 2.05) is 42.5 Å². The summed E-state index contributed by atoms with van der Waals surface area (Å²) < 4.78 is 11.9. The molecule has 1 saturated heterocycles. The van der Waals surface area contributed by atoms with E-state index >= 15 is 0 Å². The molecule has 0 bridgehead atoms. The standard InChI is InChI=1S/C23H23N7O2/c1-2-14-12-31-8-7-30(14)20-11-16(26-23(24)27-20)13-9-17-21-19(10-13)32-18-6-4-3-5-15(18)25-22(21)29-28-17/h3-6,9-11,14H,2,7-8,12H2,1H3,(H2,24,26,27)(H2,25,28,29). The van der Waals surface area contributed by atoms with Crippen molar-refractivity contribution in [3.63, 3.8) is 0 Å². The summed E-state index contributed by atoms with van der Waals surface area (Å²) >= 11 is 0. The molecule has 0 aliphatic carbocycles. The Kier molecular flexibility index (Phi) is 4.36. The molecule has 162 valence electrons. The third-order valence-corrected chi connectivity index (χ3v) is 6.01. The van der Waals surface area contributed by atoms with Crippen LogP contribution in [0.3, 0.4) is 0 Å². The van der Waals surface area contributed by atoms with Gasteiger partial charge in [-0.15, -0.1) is 0 Å². The number of hydrogen-bond acceptors (Lipinski definition) is 8. The maximum absolute atomic E-state index is 6.28. The second-order valence-electron chi connectivity index (χ2n) is 7.99. The van der Waals surface area contributed by atoms with Gasteiger partial charge in [-0.2, -0.15) is 10.1 Å². The number of aromatic amines is 1. The first kappa shape index (κ1) is 18.9. The summed E-state index contributed by atoms with van der Waals surface area (Å²) in [5.41, 5.74) is 9.46. The first-order chi connectivity index (χ1) is 15.7. The number of aromatic nitrogens is 4. The Morgan fingerprint density at radius 2 is 2.06 bits per heavy atom. The van der Waals surface area contributed by atoms with Crippen molar-refractivity contribution in [3.8, 4) is 22.8 Å². The lowest BCUT2D eigenvalue weighted by atomic mass is 10.1. The summed E-state index contributed by atoms with van der Waals surface area (Å²) in [6.45, 7) is 4.28. The summed E-state index contributed by atoms with van der Waals surface area (Å²) in [6, 6.07) is 14.0. The Morgan fingerprint density at radius 1 is 1.16 bits per heavy atom. The van der Waals surface area contributed by atoms with Crippen molar-refractivity contribution in [1.82, 2.24) is 20.2 Å². The van der Waals surface area contributed by atoms with Crippen molar-refractivity contribution in [3.05, 3.63) is 42.5 Å². The van der Waals surface area contributed by atoms with E-state index in [2.05, 4.69) is 37.3 Å². The lowest BCUT2D eigenvalue weighted by Crippen LogP contribution is -2.45. The second-order valence-corrected chi connectivity index (χ2v) is 7.99. The highest BCUT2D eigenvalue weighted by Crippen LogP contribution is 2.44. The summed E-state index contributed by atoms with van der Waals surface area (Å²) in [5, 5.41) is 11.8. The molecule has 6 rings (SSSR count). The predicted molar refractivity (Wildman–Crippen MR) is 124 cm³/mol. The number of nitrogens with zero attached hydrogens (tertiary/aromatic N) is 4. The fourth-order valence-electron chi connectivity index (χ4n) is 4.39. The number of H-pyrrole nitrogens is 1. The van der Waals surface area contributed by atoms with E-state index in [1.165, 1.54) is 0 Å². The van der Waals surface area contributed by atoms with Crippen LogP contribution in [0.15, 0.2) is 42.5 Å². The molecule has 2 aliphatic heterocycles. The van der Waals surface area contributed by atoms with Crippen molar-refractivity contribution >= 4 is 34.2 Å². The zero-order valence-electron chi connectivity index (χ0n) is 17.6. The number of morpholine rings is 1. The minimum atomic E-state index is 0.239. The molecular weight excluding hydrogens is 406 g/mol. The molecule has 2 aromatic carbocycles. The summed E-state index contributed by atoms with van der Waals surface area (Å²) in [4.78, 5) is 11.3. The van der Waals surface area contributed by atoms with E-state index in [4.69, 9.17) is 15.2 Å². The van der Waals surface area contributed by atoms with Gasteiger partial charge in [-0.05, 0) is 30.7 Å². The van der Waals surface area contributed by atoms with Crippen LogP contribution < -0.4 is 20.7 Å². The number of hydrogen-bond donors (Lipinski definition) is 3. The Bertz CT molecular complexity index is 1320. The Balaban J connectivity index is 1.46. The highest BCUT2D eigenvalue weighted by Gasteiger charge is 2.25. The van der Waals surface area contributed by atoms with Gasteiger partial charge in [0.15, 0.2) is 11.6 Å². The van der Waals surface area contributed by atoms with Gasteiger partial charge in [0.05, 0.1) is 41.5 Å². The highest BCUT2D eigenvalue weighted by molar-refractivity contribution is 6.00. The van der Waals surface area contributed by atoms with Crippen LogP contribution in [0.25, 0.3) is 22.2 Å². The molecule has 1 unspecified atom stereocenters. The van der Waals surface area contributed by atoms with E-state index in [9.17, 15) is 0 Å². The normalized spacial score (nSPS) is 17.4. The van der Waals surface area contributed by atoms with Gasteiger partial charge in [0.2, 0.25) is 5.95 Å². The number of anilines is 4. The van der Waals surface area contributed by atoms with Crippen LogP contribution in [-0.2, 0) is 4.74 Å². The Labute approximate surface area is 184 Å². The molecule has 2 aromatic heterocycles. The van der Waals surface area contributed by atoms with Gasteiger partial charge in [-0.3, -0.25) is 5.10 Å². The molecule has 4 N–H and O–H groups in total. The van der Waals surface area contributed by atoms with Crippen molar-refractivity contribution in [2.75, 3.05) is 35.7 Å². The number of para-hydroxylation sites is 2. The van der Waals surface area contributed by atoms with Crippen molar-refractivity contribution in [2.24, 2.45) is 0 Å². The first-order valence-corrected chi connectivity index (χ1v) is 10.7. The van der Waals surface area contributed by atoms with Crippen molar-refractivity contribution in [2.45, 2.75) is 19.4 Å². The van der Waals surface area contributed by atoms with Crippen molar-refractivity contribution < 1.29 is 9.47 Å². The summed E-state index contributed by atoms with van der Waals surface area (Å²) in [6.07, 6.45) is 0.965. The van der Waals surface area contributed by atoms with E-state index in [1.54, 1.807) is 0 Å². The lowest BCUT2D eigenvalue weighted by molar-refractivity contribution is 0.0926. The van der Waals surface area contributed by atoms with Gasteiger partial charge in [0.1, 0.15) is 11.6 Å². The maximum atomic E-state index is 6.28. The number of nitrogen functional groups attached to an aromatic ring is 1. The van der Waals surface area contributed by atoms with Gasteiger partial charge in [-0.1, -0.05) is 19.1 Å². The van der Waals surface area contributed by atoms with E-state index in [0.717, 1.165) is 58.2 Å². The number of nitrogens with one attached hydrogen (secondary N) is 2. The topological polar surface area (TPSA) is 114 Å². The van der Waals surface area contributed by atoms with E-state index < -0.39 is 0 Å². The molecule has 9 nitrogen and oxygen atoms in total. The van der Waals surface area contributed by atoms with Crippen LogP contribution in [0, 0.1) is 0 Å². The van der Waals surface area contributed by atoms with Crippen molar-refractivity contribution in [1.29, 1.82) is 0 Å². The van der Waals surface area contributed by atoms with Gasteiger partial charge < -0.3 is 25.4 Å². The molecular formula is C23H23N7O2. The zero-order chi connectivity index (χ0) is 21.7. The van der Waals surface area contributed by atoms with Crippen LogP contribution in [0.1, 0.15) is 13.3 Å². The van der Waals surface area contributed by atoms with Crippen LogP contribution in [0.2, 0.25) is 0 Å². The van der Waals surface area contributed by atoms with E-state index in [-0.39, 0.29) is 12.0 Å². The van der Waals surface area contributed by atoms with Gasteiger partial charge >= 0.3 is 0 Å². The minimum absolute atomic E-state index is 0.239. The monoisotopic (exact) mass is 429 g/mol. The third-order valence-electron chi connectivity index (χ3n) is 6.01. The average Bonchev–Trinajstić information content (AvgIpc) is 3.14. The molecule has 2 aliphatic rings. The number of fused-ring (bicyclic) bond motifs is 1. The second kappa shape index (κ2) is 7.38. The maximum Gasteiger partial charge on any atom is 0.222 e. The van der Waals surface area contributed by atoms with Crippen LogP contribution >= 0.6 is 0 Å². The largest absolute Gasteiger partial charge is 0.454 e. The molecule has 9 heteroatoms. The number of benzene rings is 2.